The van der Waals surface area contributed by atoms with Crippen molar-refractivity contribution < 1.29 is 28.7 Å². The third kappa shape index (κ3) is 6.35. The van der Waals surface area contributed by atoms with Crippen LogP contribution in [0.1, 0.15) is 27.2 Å². The molecule has 0 aromatic carbocycles. The quantitative estimate of drug-likeness (QED) is 0.482. The Bertz CT molecular complexity index is 566. The highest BCUT2D eigenvalue weighted by molar-refractivity contribution is 8.40. The van der Waals surface area contributed by atoms with E-state index < -0.39 is 29.1 Å². The van der Waals surface area contributed by atoms with Crippen molar-refractivity contribution in [2.24, 2.45) is 10.9 Å². The van der Waals surface area contributed by atoms with Crippen LogP contribution in [0.5, 0.6) is 0 Å². The molecule has 25 heavy (non-hydrogen) atoms. The molecule has 0 aliphatic carbocycles. The van der Waals surface area contributed by atoms with Crippen molar-refractivity contribution in [3.05, 3.63) is 0 Å². The molecule has 140 valence electrons. The van der Waals surface area contributed by atoms with Crippen LogP contribution in [0, 0.1) is 5.92 Å². The zero-order valence-electron chi connectivity index (χ0n) is 14.6. The number of thioether (sulfide) groups is 2. The van der Waals surface area contributed by atoms with Gasteiger partial charge in [0.05, 0.1) is 19.5 Å². The molecular weight excluding hydrogens is 368 g/mol. The molecule has 1 rings (SSSR count). The lowest BCUT2D eigenvalue weighted by atomic mass is 9.99. The molecule has 10 heteroatoms. The average molecular weight is 390 g/mol. The Morgan fingerprint density at radius 3 is 2.60 bits per heavy atom. The second-order valence-electron chi connectivity index (χ2n) is 5.21. The molecule has 1 heterocycles. The molecule has 0 aromatic heterocycles. The van der Waals surface area contributed by atoms with Crippen molar-refractivity contribution in [3.63, 3.8) is 0 Å². The van der Waals surface area contributed by atoms with Crippen LogP contribution in [-0.4, -0.2) is 58.9 Å². The maximum atomic E-state index is 12.1. The number of nitrogens with one attached hydrogen (secondary N) is 1. The van der Waals surface area contributed by atoms with E-state index >= 15 is 0 Å². The minimum absolute atomic E-state index is 0.0292. The number of carbonyl (C=O) groups excluding carboxylic acids is 4. The van der Waals surface area contributed by atoms with E-state index in [4.69, 9.17) is 9.47 Å². The third-order valence-corrected chi connectivity index (χ3v) is 5.77. The van der Waals surface area contributed by atoms with E-state index in [2.05, 4.69) is 10.3 Å². The van der Waals surface area contributed by atoms with Crippen LogP contribution in [0.25, 0.3) is 0 Å². The molecule has 3 atom stereocenters. The van der Waals surface area contributed by atoms with E-state index in [-0.39, 0.29) is 24.2 Å². The van der Waals surface area contributed by atoms with Crippen molar-refractivity contribution in [1.29, 1.82) is 0 Å². The number of carbonyl (C=O) groups is 4. The first-order valence-corrected chi connectivity index (χ1v) is 9.66. The fraction of sp³-hybridized carbons (Fsp3) is 0.667. The molecular formula is C15H22N2O6S2. The lowest BCUT2D eigenvalue weighted by Gasteiger charge is -2.21. The second kappa shape index (κ2) is 10.4. The highest BCUT2D eigenvalue weighted by Gasteiger charge is 2.36. The van der Waals surface area contributed by atoms with E-state index in [9.17, 15) is 19.2 Å². The van der Waals surface area contributed by atoms with Gasteiger partial charge in [0.25, 0.3) is 5.91 Å². The van der Waals surface area contributed by atoms with Gasteiger partial charge in [-0.05, 0) is 12.8 Å². The number of ether oxygens (including phenoxy) is 2. The molecule has 8 nitrogen and oxygen atoms in total. The summed E-state index contributed by atoms with van der Waals surface area (Å²) < 4.78 is 9.84. The number of methoxy groups -OCH3 is 1. The van der Waals surface area contributed by atoms with Crippen LogP contribution in [-0.2, 0) is 28.7 Å². The number of aliphatic imine (C=N–C) groups is 1. The van der Waals surface area contributed by atoms with Gasteiger partial charge in [-0.2, -0.15) is 4.99 Å². The number of hydrogen-bond donors (Lipinski definition) is 1. The molecule has 0 fully saturated rings. The third-order valence-electron chi connectivity index (χ3n) is 3.46. The summed E-state index contributed by atoms with van der Waals surface area (Å²) in [6, 6.07) is -0.727. The molecule has 1 N–H and O–H groups in total. The minimum atomic E-state index is -1.01. The lowest BCUT2D eigenvalue weighted by Crippen LogP contribution is -2.46. The Morgan fingerprint density at radius 2 is 2.04 bits per heavy atom. The van der Waals surface area contributed by atoms with Crippen LogP contribution in [0.15, 0.2) is 4.99 Å². The molecule has 0 unspecified atom stereocenters. The molecule has 2 amide bonds. The molecule has 1 aliphatic rings. The highest BCUT2D eigenvalue weighted by atomic mass is 32.2. The standard InChI is InChI=1S/C15H22N2O6S2/c1-5-8(3)10(13(20)22-4)16-9(18)7-24-15-17-12(19)11(25-15)14(21)23-6-2/h8,10-11H,5-7H2,1-4H3,(H,16,18)/t8-,10+,11-/m1/s1. The Hall–Kier alpha value is -1.55. The van der Waals surface area contributed by atoms with Gasteiger partial charge in [0, 0.05) is 0 Å². The Labute approximate surface area is 154 Å². The van der Waals surface area contributed by atoms with Crippen molar-refractivity contribution >= 4 is 51.7 Å². The molecule has 0 spiro atoms. The van der Waals surface area contributed by atoms with E-state index in [1.165, 1.54) is 7.11 Å². The summed E-state index contributed by atoms with van der Waals surface area (Å²) in [5.41, 5.74) is 0. The summed E-state index contributed by atoms with van der Waals surface area (Å²) in [6.07, 6.45) is 0.700. The van der Waals surface area contributed by atoms with Crippen molar-refractivity contribution in [2.45, 2.75) is 38.5 Å². The predicted octanol–water partition coefficient (Wildman–Crippen LogP) is 0.985. The van der Waals surface area contributed by atoms with E-state index in [0.29, 0.717) is 10.8 Å². The van der Waals surface area contributed by atoms with Crippen molar-refractivity contribution in [3.8, 4) is 0 Å². The summed E-state index contributed by atoms with van der Waals surface area (Å²) in [6.45, 7) is 5.58. The molecule has 1 aliphatic heterocycles. The smallest absolute Gasteiger partial charge is 0.329 e. The number of rotatable bonds is 8. The van der Waals surface area contributed by atoms with Crippen LogP contribution in [0.4, 0.5) is 0 Å². The van der Waals surface area contributed by atoms with Gasteiger partial charge in [-0.25, -0.2) is 4.79 Å². The monoisotopic (exact) mass is 390 g/mol. The van der Waals surface area contributed by atoms with Gasteiger partial charge in [0.1, 0.15) is 10.4 Å². The Morgan fingerprint density at radius 1 is 1.36 bits per heavy atom. The fourth-order valence-electron chi connectivity index (χ4n) is 1.90. The molecule has 0 saturated carbocycles. The number of esters is 2. The van der Waals surface area contributed by atoms with Crippen LogP contribution >= 0.6 is 23.5 Å². The van der Waals surface area contributed by atoms with E-state index in [1.54, 1.807) is 6.92 Å². The van der Waals surface area contributed by atoms with Gasteiger partial charge in [-0.1, -0.05) is 43.8 Å². The SMILES string of the molecule is CCOC(=O)[C@@H]1SC(SCC(=O)N[C@H](C(=O)OC)[C@H](C)CC)=NC1=O. The first-order valence-electron chi connectivity index (χ1n) is 7.79. The number of nitrogens with zero attached hydrogens (tertiary/aromatic N) is 1. The second-order valence-corrected chi connectivity index (χ2v) is 7.52. The first-order chi connectivity index (χ1) is 11.8. The van der Waals surface area contributed by atoms with E-state index in [0.717, 1.165) is 23.5 Å². The maximum absolute atomic E-state index is 12.1. The van der Waals surface area contributed by atoms with Crippen molar-refractivity contribution in [1.82, 2.24) is 5.32 Å². The van der Waals surface area contributed by atoms with Gasteiger partial charge in [-0.15, -0.1) is 0 Å². The predicted molar refractivity (Wildman–Crippen MR) is 96.3 cm³/mol. The zero-order chi connectivity index (χ0) is 19.0. The summed E-state index contributed by atoms with van der Waals surface area (Å²) >= 11 is 2.00. The first kappa shape index (κ1) is 21.5. The lowest BCUT2D eigenvalue weighted by molar-refractivity contribution is -0.146. The topological polar surface area (TPSA) is 111 Å². The van der Waals surface area contributed by atoms with Gasteiger partial charge in [0.2, 0.25) is 5.91 Å². The molecule has 0 aromatic rings. The van der Waals surface area contributed by atoms with Gasteiger partial charge in [0.15, 0.2) is 5.25 Å². The number of hydrogen-bond acceptors (Lipinski definition) is 8. The van der Waals surface area contributed by atoms with Gasteiger partial charge in [-0.3, -0.25) is 14.4 Å². The van der Waals surface area contributed by atoms with Crippen LogP contribution < -0.4 is 5.32 Å². The molecule has 0 saturated heterocycles. The maximum Gasteiger partial charge on any atom is 0.329 e. The molecule has 0 bridgehead atoms. The fourth-order valence-corrected chi connectivity index (χ4v) is 3.79. The normalized spacial score (nSPS) is 19.0. The zero-order valence-corrected chi connectivity index (χ0v) is 16.2. The summed E-state index contributed by atoms with van der Waals surface area (Å²) in [7, 11) is 1.27. The Balaban J connectivity index is 2.53. The Kier molecular flexibility index (Phi) is 8.98. The highest BCUT2D eigenvalue weighted by Crippen LogP contribution is 2.30. The summed E-state index contributed by atoms with van der Waals surface area (Å²) in [5.74, 6) is -2.20. The molecule has 0 radical (unpaired) electrons. The van der Waals surface area contributed by atoms with Crippen molar-refractivity contribution in [2.75, 3.05) is 19.5 Å². The van der Waals surface area contributed by atoms with Gasteiger partial charge >= 0.3 is 11.9 Å². The van der Waals surface area contributed by atoms with E-state index in [1.807, 2.05) is 13.8 Å². The largest absolute Gasteiger partial charge is 0.467 e. The van der Waals surface area contributed by atoms with Gasteiger partial charge < -0.3 is 14.8 Å². The summed E-state index contributed by atoms with van der Waals surface area (Å²) in [4.78, 5) is 50.9. The summed E-state index contributed by atoms with van der Waals surface area (Å²) in [5, 5.41) is 1.63. The van der Waals surface area contributed by atoms with Crippen LogP contribution in [0.3, 0.4) is 0 Å². The number of amides is 2. The average Bonchev–Trinajstić information content (AvgIpc) is 2.97. The van der Waals surface area contributed by atoms with Crippen LogP contribution in [0.2, 0.25) is 0 Å². The minimum Gasteiger partial charge on any atom is -0.467 e.